The Morgan fingerprint density at radius 1 is 1.41 bits per heavy atom. The number of nitrogens with one attached hydrogen (secondary N) is 2. The Morgan fingerprint density at radius 3 is 2.86 bits per heavy atom. The number of nitriles is 1. The number of rotatable bonds is 4. The zero-order valence-electron chi connectivity index (χ0n) is 12.4. The van der Waals surface area contributed by atoms with Crippen LogP contribution in [0.25, 0.3) is 0 Å². The van der Waals surface area contributed by atoms with Gasteiger partial charge in [-0.1, -0.05) is 23.7 Å². The summed E-state index contributed by atoms with van der Waals surface area (Å²) in [4.78, 5) is 12.9. The van der Waals surface area contributed by atoms with Gasteiger partial charge in [0.15, 0.2) is 0 Å². The first-order valence-electron chi connectivity index (χ1n) is 6.80. The van der Waals surface area contributed by atoms with E-state index in [-0.39, 0.29) is 6.03 Å². The topological polar surface area (TPSA) is 64.9 Å². The van der Waals surface area contributed by atoms with Crippen molar-refractivity contribution in [1.82, 2.24) is 5.32 Å². The molecular weight excluding hydrogens is 318 g/mol. The van der Waals surface area contributed by atoms with E-state index in [0.717, 1.165) is 16.0 Å². The third kappa shape index (κ3) is 4.00. The molecule has 1 aromatic heterocycles. The van der Waals surface area contributed by atoms with E-state index in [1.165, 1.54) is 11.3 Å². The molecule has 114 valence electrons. The summed E-state index contributed by atoms with van der Waals surface area (Å²) in [6, 6.07) is 9.36. The van der Waals surface area contributed by atoms with Crippen LogP contribution in [0, 0.1) is 25.2 Å². The number of hydrogen-bond donors (Lipinski definition) is 2. The highest BCUT2D eigenvalue weighted by Crippen LogP contribution is 2.31. The Morgan fingerprint density at radius 2 is 2.18 bits per heavy atom. The van der Waals surface area contributed by atoms with E-state index in [4.69, 9.17) is 16.9 Å². The van der Waals surface area contributed by atoms with Crippen LogP contribution in [0.1, 0.15) is 21.6 Å². The molecule has 0 atom stereocenters. The van der Waals surface area contributed by atoms with Crippen molar-refractivity contribution < 1.29 is 4.79 Å². The quantitative estimate of drug-likeness (QED) is 0.878. The lowest BCUT2D eigenvalue weighted by molar-refractivity contribution is 0.252. The molecule has 2 amide bonds. The first-order valence-corrected chi connectivity index (χ1v) is 8.00. The van der Waals surface area contributed by atoms with Crippen LogP contribution in [0.15, 0.2) is 24.3 Å². The van der Waals surface area contributed by atoms with Gasteiger partial charge >= 0.3 is 6.03 Å². The molecule has 4 nitrogen and oxygen atoms in total. The average molecular weight is 334 g/mol. The van der Waals surface area contributed by atoms with Crippen LogP contribution >= 0.6 is 22.9 Å². The summed E-state index contributed by atoms with van der Waals surface area (Å²) in [6.45, 7) is 4.31. The predicted octanol–water partition coefficient (Wildman–Crippen LogP) is 4.25. The molecule has 0 radical (unpaired) electrons. The molecule has 0 spiro atoms. The summed E-state index contributed by atoms with van der Waals surface area (Å²) >= 11 is 7.33. The Labute approximate surface area is 138 Å². The van der Waals surface area contributed by atoms with Gasteiger partial charge in [-0.25, -0.2) is 4.79 Å². The van der Waals surface area contributed by atoms with Gasteiger partial charge in [-0.3, -0.25) is 5.32 Å². The summed E-state index contributed by atoms with van der Waals surface area (Å²) in [5.74, 6) is 0. The molecule has 22 heavy (non-hydrogen) atoms. The molecule has 0 saturated heterocycles. The van der Waals surface area contributed by atoms with Crippen molar-refractivity contribution in [1.29, 1.82) is 5.26 Å². The molecule has 0 aliphatic heterocycles. The maximum Gasteiger partial charge on any atom is 0.319 e. The minimum absolute atomic E-state index is 0.306. The van der Waals surface area contributed by atoms with Gasteiger partial charge in [-0.15, -0.1) is 11.3 Å². The predicted molar refractivity (Wildman–Crippen MR) is 90.7 cm³/mol. The van der Waals surface area contributed by atoms with Crippen LogP contribution in [0.5, 0.6) is 0 Å². The summed E-state index contributed by atoms with van der Waals surface area (Å²) < 4.78 is 0. The monoisotopic (exact) mass is 333 g/mol. The van der Waals surface area contributed by atoms with Crippen LogP contribution in [0.3, 0.4) is 0 Å². The molecule has 1 heterocycles. The number of amides is 2. The second-order valence-corrected chi connectivity index (χ2v) is 6.52. The zero-order chi connectivity index (χ0) is 16.1. The Hall–Kier alpha value is -2.03. The van der Waals surface area contributed by atoms with Gasteiger partial charge in [0.2, 0.25) is 0 Å². The number of hydrogen-bond acceptors (Lipinski definition) is 3. The average Bonchev–Trinajstić information content (AvgIpc) is 2.73. The fourth-order valence-electron chi connectivity index (χ4n) is 2.01. The van der Waals surface area contributed by atoms with Gasteiger partial charge < -0.3 is 5.32 Å². The number of nitrogens with zero attached hydrogens (tertiary/aromatic N) is 1. The third-order valence-electron chi connectivity index (χ3n) is 3.31. The molecule has 0 aliphatic rings. The van der Waals surface area contributed by atoms with Crippen molar-refractivity contribution >= 4 is 34.0 Å². The molecule has 0 saturated carbocycles. The summed E-state index contributed by atoms with van der Waals surface area (Å²) in [6.07, 6.45) is 0.696. The third-order valence-corrected chi connectivity index (χ3v) is 4.67. The fraction of sp³-hybridized carbons (Fsp3) is 0.250. The van der Waals surface area contributed by atoms with E-state index < -0.39 is 0 Å². The SMILES string of the molecule is Cc1sc(NC(=O)NCCc2cccc(Cl)c2)c(C#N)c1C. The van der Waals surface area contributed by atoms with E-state index in [1.807, 2.05) is 38.1 Å². The Bertz CT molecular complexity index is 733. The van der Waals surface area contributed by atoms with E-state index in [1.54, 1.807) is 0 Å². The summed E-state index contributed by atoms with van der Waals surface area (Å²) in [5, 5.41) is 16.0. The highest BCUT2D eigenvalue weighted by Gasteiger charge is 2.14. The van der Waals surface area contributed by atoms with Crippen molar-refractivity contribution in [3.05, 3.63) is 50.9 Å². The first kappa shape index (κ1) is 16.3. The molecule has 2 rings (SSSR count). The number of urea groups is 1. The zero-order valence-corrected chi connectivity index (χ0v) is 13.9. The molecule has 0 unspecified atom stereocenters. The molecule has 1 aromatic carbocycles. The van der Waals surface area contributed by atoms with Crippen LogP contribution in [-0.4, -0.2) is 12.6 Å². The van der Waals surface area contributed by atoms with Crippen LogP contribution in [0.2, 0.25) is 5.02 Å². The standard InChI is InChI=1S/C16H16ClN3OS/c1-10-11(2)22-15(14(10)9-18)20-16(21)19-7-6-12-4-3-5-13(17)8-12/h3-5,8H,6-7H2,1-2H3,(H2,19,20,21). The molecule has 0 bridgehead atoms. The van der Waals surface area contributed by atoms with Crippen LogP contribution < -0.4 is 10.6 Å². The number of carbonyl (C=O) groups is 1. The van der Waals surface area contributed by atoms with Crippen molar-refractivity contribution in [3.63, 3.8) is 0 Å². The number of halogens is 1. The second-order valence-electron chi connectivity index (χ2n) is 4.86. The molecule has 6 heteroatoms. The second kappa shape index (κ2) is 7.30. The molecule has 0 fully saturated rings. The molecule has 2 aromatic rings. The minimum atomic E-state index is -0.306. The number of carbonyl (C=O) groups excluding carboxylic acids is 1. The molecule has 2 N–H and O–H groups in total. The van der Waals surface area contributed by atoms with Gasteiger partial charge in [0.25, 0.3) is 0 Å². The number of benzene rings is 1. The van der Waals surface area contributed by atoms with Crippen molar-refractivity contribution in [2.75, 3.05) is 11.9 Å². The number of anilines is 1. The van der Waals surface area contributed by atoms with E-state index >= 15 is 0 Å². The largest absolute Gasteiger partial charge is 0.338 e. The van der Waals surface area contributed by atoms with Gasteiger partial charge in [0.05, 0.1) is 5.56 Å². The van der Waals surface area contributed by atoms with Gasteiger partial charge in [0.1, 0.15) is 11.1 Å². The van der Waals surface area contributed by atoms with Crippen LogP contribution in [-0.2, 0) is 6.42 Å². The fourth-order valence-corrected chi connectivity index (χ4v) is 3.23. The highest BCUT2D eigenvalue weighted by molar-refractivity contribution is 7.16. The van der Waals surface area contributed by atoms with Gasteiger partial charge in [-0.05, 0) is 43.5 Å². The van der Waals surface area contributed by atoms with E-state index in [0.29, 0.717) is 28.6 Å². The maximum atomic E-state index is 11.9. The first-order chi connectivity index (χ1) is 10.5. The minimum Gasteiger partial charge on any atom is -0.338 e. The lowest BCUT2D eigenvalue weighted by Gasteiger charge is -2.07. The molecule has 0 aliphatic carbocycles. The number of thiophene rings is 1. The van der Waals surface area contributed by atoms with E-state index in [9.17, 15) is 4.79 Å². The smallest absolute Gasteiger partial charge is 0.319 e. The highest BCUT2D eigenvalue weighted by atomic mass is 35.5. The summed E-state index contributed by atoms with van der Waals surface area (Å²) in [7, 11) is 0. The Balaban J connectivity index is 1.89. The van der Waals surface area contributed by atoms with Crippen molar-refractivity contribution in [2.45, 2.75) is 20.3 Å². The lowest BCUT2D eigenvalue weighted by Crippen LogP contribution is -2.30. The number of aryl methyl sites for hydroxylation is 1. The normalized spacial score (nSPS) is 10.1. The Kier molecular flexibility index (Phi) is 5.42. The molecular formula is C16H16ClN3OS. The van der Waals surface area contributed by atoms with E-state index in [2.05, 4.69) is 16.7 Å². The van der Waals surface area contributed by atoms with Gasteiger partial charge in [0, 0.05) is 16.4 Å². The van der Waals surface area contributed by atoms with Crippen LogP contribution in [0.4, 0.5) is 9.80 Å². The van der Waals surface area contributed by atoms with Crippen molar-refractivity contribution in [2.24, 2.45) is 0 Å². The maximum absolute atomic E-state index is 11.9. The summed E-state index contributed by atoms with van der Waals surface area (Å²) in [5.41, 5.74) is 2.52. The lowest BCUT2D eigenvalue weighted by atomic mass is 10.1. The van der Waals surface area contributed by atoms with Gasteiger partial charge in [-0.2, -0.15) is 5.26 Å². The van der Waals surface area contributed by atoms with Crippen molar-refractivity contribution in [3.8, 4) is 6.07 Å².